The molecule has 0 amide bonds. The molecule has 3 nitrogen and oxygen atoms in total. The molecule has 0 spiro atoms. The molecule has 0 aromatic rings. The highest BCUT2D eigenvalue weighted by molar-refractivity contribution is 4.92. The number of hydrogen-bond acceptors (Lipinski definition) is 3. The summed E-state index contributed by atoms with van der Waals surface area (Å²) in [6, 6.07) is 0. The van der Waals surface area contributed by atoms with Crippen molar-refractivity contribution < 1.29 is 14.8 Å². The molecule has 0 aliphatic carbocycles. The van der Waals surface area contributed by atoms with E-state index in [2.05, 4.69) is 43.9 Å². The van der Waals surface area contributed by atoms with Crippen molar-refractivity contribution in [3.63, 3.8) is 0 Å². The Morgan fingerprint density at radius 2 is 1.73 bits per heavy atom. The molecule has 1 heterocycles. The quantitative estimate of drug-likeness (QED) is 0.356. The van der Waals surface area contributed by atoms with Gasteiger partial charge < -0.3 is 0 Å². The van der Waals surface area contributed by atoms with E-state index in [1.165, 1.54) is 19.3 Å². The van der Waals surface area contributed by atoms with Crippen molar-refractivity contribution >= 4 is 0 Å². The third-order valence-electron chi connectivity index (χ3n) is 4.45. The van der Waals surface area contributed by atoms with Crippen LogP contribution >= 0.6 is 0 Å². The molecule has 1 rings (SSSR count). The van der Waals surface area contributed by atoms with E-state index in [0.29, 0.717) is 24.4 Å². The maximum atomic E-state index is 5.17. The highest BCUT2D eigenvalue weighted by Gasteiger charge is 2.22. The van der Waals surface area contributed by atoms with E-state index in [1.54, 1.807) is 0 Å². The Bertz CT molecular complexity index is 321. The van der Waals surface area contributed by atoms with Gasteiger partial charge in [-0.05, 0) is 43.4 Å². The molecule has 1 aliphatic rings. The first-order valence-electron chi connectivity index (χ1n) is 8.56. The van der Waals surface area contributed by atoms with Crippen LogP contribution < -0.4 is 0 Å². The SMILES string of the molecule is C=CC(CCCC)CC(C=C)CC(C=C)CC1CCOOO1. The van der Waals surface area contributed by atoms with Crippen LogP contribution in [0.2, 0.25) is 0 Å². The second-order valence-electron chi connectivity index (χ2n) is 6.23. The second kappa shape index (κ2) is 11.6. The van der Waals surface area contributed by atoms with Crippen LogP contribution in [-0.4, -0.2) is 12.7 Å². The molecular weight excluding hydrogens is 276 g/mol. The van der Waals surface area contributed by atoms with Crippen LogP contribution in [0.5, 0.6) is 0 Å². The molecule has 0 N–H and O–H groups in total. The Morgan fingerprint density at radius 3 is 2.27 bits per heavy atom. The lowest BCUT2D eigenvalue weighted by Gasteiger charge is -2.26. The lowest BCUT2D eigenvalue weighted by Crippen LogP contribution is -2.25. The fourth-order valence-corrected chi connectivity index (χ4v) is 2.99. The van der Waals surface area contributed by atoms with Crippen LogP contribution in [-0.2, 0) is 14.8 Å². The zero-order chi connectivity index (χ0) is 16.2. The van der Waals surface area contributed by atoms with Crippen LogP contribution in [0, 0.1) is 17.8 Å². The van der Waals surface area contributed by atoms with Gasteiger partial charge in [0.05, 0.1) is 12.7 Å². The van der Waals surface area contributed by atoms with E-state index in [0.717, 1.165) is 25.7 Å². The first-order chi connectivity index (χ1) is 10.7. The van der Waals surface area contributed by atoms with Gasteiger partial charge in [0.2, 0.25) is 0 Å². The van der Waals surface area contributed by atoms with Gasteiger partial charge in [-0.3, -0.25) is 0 Å². The predicted molar refractivity (Wildman–Crippen MR) is 91.0 cm³/mol. The summed E-state index contributed by atoms with van der Waals surface area (Å²) in [5, 5.41) is 4.62. The predicted octanol–water partition coefficient (Wildman–Crippen LogP) is 5.41. The maximum absolute atomic E-state index is 5.17. The lowest BCUT2D eigenvalue weighted by atomic mass is 9.83. The van der Waals surface area contributed by atoms with Crippen LogP contribution in [0.4, 0.5) is 0 Å². The number of rotatable bonds is 12. The highest BCUT2D eigenvalue weighted by Crippen LogP contribution is 2.29. The van der Waals surface area contributed by atoms with Crippen molar-refractivity contribution in [2.75, 3.05) is 6.61 Å². The summed E-state index contributed by atoms with van der Waals surface area (Å²) in [6.07, 6.45) is 14.0. The Balaban J connectivity index is 2.44. The van der Waals surface area contributed by atoms with Gasteiger partial charge in [-0.25, -0.2) is 9.78 Å². The van der Waals surface area contributed by atoms with Gasteiger partial charge in [0.15, 0.2) is 0 Å². The fourth-order valence-electron chi connectivity index (χ4n) is 2.99. The minimum absolute atomic E-state index is 0.0949. The van der Waals surface area contributed by atoms with Crippen LogP contribution in [0.15, 0.2) is 38.0 Å². The van der Waals surface area contributed by atoms with Gasteiger partial charge in [0.25, 0.3) is 0 Å². The smallest absolute Gasteiger partial charge is 0.0990 e. The van der Waals surface area contributed by atoms with E-state index in [1.807, 2.05) is 6.08 Å². The monoisotopic (exact) mass is 308 g/mol. The van der Waals surface area contributed by atoms with Gasteiger partial charge in [0.1, 0.15) is 0 Å². The Morgan fingerprint density at radius 1 is 1.05 bits per heavy atom. The summed E-state index contributed by atoms with van der Waals surface area (Å²) < 4.78 is 0. The molecule has 0 aromatic carbocycles. The average Bonchev–Trinajstić information content (AvgIpc) is 2.57. The molecule has 1 fully saturated rings. The molecule has 126 valence electrons. The van der Waals surface area contributed by atoms with Crippen molar-refractivity contribution in [2.24, 2.45) is 17.8 Å². The molecule has 0 saturated carbocycles. The molecule has 0 radical (unpaired) electrons. The maximum Gasteiger partial charge on any atom is 0.0990 e. The molecule has 4 atom stereocenters. The Labute approximate surface area is 135 Å². The van der Waals surface area contributed by atoms with Gasteiger partial charge in [-0.2, -0.15) is 0 Å². The second-order valence-corrected chi connectivity index (χ2v) is 6.23. The number of allylic oxidation sites excluding steroid dienone is 3. The van der Waals surface area contributed by atoms with E-state index in [9.17, 15) is 0 Å². The molecule has 1 aliphatic heterocycles. The van der Waals surface area contributed by atoms with Gasteiger partial charge in [-0.1, -0.05) is 43.0 Å². The molecule has 1 saturated heterocycles. The van der Waals surface area contributed by atoms with Crippen molar-refractivity contribution in [1.82, 2.24) is 0 Å². The number of hydrogen-bond donors (Lipinski definition) is 0. The Kier molecular flexibility index (Phi) is 10.1. The van der Waals surface area contributed by atoms with Crippen molar-refractivity contribution in [1.29, 1.82) is 0 Å². The summed E-state index contributed by atoms with van der Waals surface area (Å²) in [7, 11) is 0. The van der Waals surface area contributed by atoms with Crippen molar-refractivity contribution in [3.8, 4) is 0 Å². The molecule has 3 heteroatoms. The largest absolute Gasteiger partial charge is 0.206 e. The zero-order valence-electron chi connectivity index (χ0n) is 14.0. The van der Waals surface area contributed by atoms with E-state index in [4.69, 9.17) is 9.78 Å². The lowest BCUT2D eigenvalue weighted by molar-refractivity contribution is -0.549. The molecule has 0 aromatic heterocycles. The van der Waals surface area contributed by atoms with Crippen LogP contribution in [0.3, 0.4) is 0 Å². The Hall–Kier alpha value is -0.900. The van der Waals surface area contributed by atoms with Crippen LogP contribution in [0.25, 0.3) is 0 Å². The average molecular weight is 308 g/mol. The van der Waals surface area contributed by atoms with Crippen molar-refractivity contribution in [2.45, 2.75) is 58.0 Å². The van der Waals surface area contributed by atoms with Crippen LogP contribution in [0.1, 0.15) is 51.9 Å². The first kappa shape index (κ1) is 19.1. The molecular formula is C19H32O3. The molecule has 4 unspecified atom stereocenters. The summed E-state index contributed by atoms with van der Waals surface area (Å²) in [5.74, 6) is 1.48. The summed E-state index contributed by atoms with van der Waals surface area (Å²) in [6.45, 7) is 14.8. The number of unbranched alkanes of at least 4 members (excludes halogenated alkanes) is 1. The van der Waals surface area contributed by atoms with Crippen molar-refractivity contribution in [3.05, 3.63) is 38.0 Å². The summed E-state index contributed by atoms with van der Waals surface area (Å²) in [4.78, 5) is 9.92. The molecule has 22 heavy (non-hydrogen) atoms. The third kappa shape index (κ3) is 7.39. The van der Waals surface area contributed by atoms with Gasteiger partial charge in [-0.15, -0.1) is 19.7 Å². The minimum Gasteiger partial charge on any atom is -0.206 e. The third-order valence-corrected chi connectivity index (χ3v) is 4.45. The molecule has 0 bridgehead atoms. The standard InChI is InChI=1S/C19H32O3/c1-5-9-10-16(6-2)13-17(7-3)14-18(8-4)15-19-11-12-20-22-21-19/h6-8,16-19H,2-5,9-15H2,1H3. The fraction of sp³-hybridized carbons (Fsp3) is 0.684. The summed E-state index contributed by atoms with van der Waals surface area (Å²) in [5.41, 5.74) is 0. The summed E-state index contributed by atoms with van der Waals surface area (Å²) >= 11 is 0. The topological polar surface area (TPSA) is 27.7 Å². The van der Waals surface area contributed by atoms with E-state index < -0.39 is 0 Å². The minimum atomic E-state index is 0.0949. The van der Waals surface area contributed by atoms with Gasteiger partial charge in [0, 0.05) is 6.42 Å². The first-order valence-corrected chi connectivity index (χ1v) is 8.56. The normalized spacial score (nSPS) is 22.5. The van der Waals surface area contributed by atoms with E-state index in [-0.39, 0.29) is 6.10 Å². The zero-order valence-corrected chi connectivity index (χ0v) is 14.0. The highest BCUT2D eigenvalue weighted by atomic mass is 17.5. The van der Waals surface area contributed by atoms with E-state index >= 15 is 0 Å². The van der Waals surface area contributed by atoms with Gasteiger partial charge >= 0.3 is 0 Å².